The van der Waals surface area contributed by atoms with Gasteiger partial charge in [0.2, 0.25) is 0 Å². The summed E-state index contributed by atoms with van der Waals surface area (Å²) in [5, 5.41) is 3.71. The third-order valence-electron chi connectivity index (χ3n) is 3.45. The molecule has 1 N–H and O–H groups in total. The van der Waals surface area contributed by atoms with Crippen molar-refractivity contribution in [3.63, 3.8) is 0 Å². The van der Waals surface area contributed by atoms with Gasteiger partial charge in [-0.15, -0.1) is 0 Å². The summed E-state index contributed by atoms with van der Waals surface area (Å²) >= 11 is 1.54. The quantitative estimate of drug-likeness (QED) is 0.922. The predicted octanol–water partition coefficient (Wildman–Crippen LogP) is 2.38. The number of rotatable bonds is 2. The second-order valence-electron chi connectivity index (χ2n) is 4.75. The lowest BCUT2D eigenvalue weighted by Crippen LogP contribution is -2.35. The van der Waals surface area contributed by atoms with Crippen LogP contribution in [-0.4, -0.2) is 24.1 Å². The lowest BCUT2D eigenvalue weighted by atomic mass is 10.1. The number of pyridine rings is 1. The van der Waals surface area contributed by atoms with Crippen LogP contribution in [-0.2, 0) is 20.1 Å². The number of nitrogens with one attached hydrogen (secondary N) is 1. The zero-order valence-electron chi connectivity index (χ0n) is 11.0. The van der Waals surface area contributed by atoms with Crippen LogP contribution >= 0.6 is 11.8 Å². The third kappa shape index (κ3) is 2.03. The Hall–Kier alpha value is -1.89. The molecule has 2 aliphatic rings. The van der Waals surface area contributed by atoms with Crippen LogP contribution in [0.15, 0.2) is 52.5 Å². The summed E-state index contributed by atoms with van der Waals surface area (Å²) in [5.74, 6) is -1.52. The molecule has 3 heterocycles. The first-order chi connectivity index (χ1) is 10.3. The maximum absolute atomic E-state index is 12.1. The van der Waals surface area contributed by atoms with Gasteiger partial charge in [0.1, 0.15) is 5.03 Å². The summed E-state index contributed by atoms with van der Waals surface area (Å²) < 4.78 is 11.2. The number of benzene rings is 1. The largest absolute Gasteiger partial charge is 0.336 e. The highest BCUT2D eigenvalue weighted by Gasteiger charge is 2.52. The van der Waals surface area contributed by atoms with E-state index in [-0.39, 0.29) is 5.91 Å². The Labute approximate surface area is 125 Å². The van der Waals surface area contributed by atoms with Gasteiger partial charge in [0.25, 0.3) is 11.7 Å². The van der Waals surface area contributed by atoms with Crippen LogP contribution in [0.1, 0.15) is 5.56 Å². The maximum Gasteiger partial charge on any atom is 0.289 e. The molecule has 1 spiro atoms. The molecule has 1 fully saturated rings. The van der Waals surface area contributed by atoms with E-state index in [4.69, 9.17) is 9.47 Å². The van der Waals surface area contributed by atoms with Crippen LogP contribution in [0.2, 0.25) is 0 Å². The van der Waals surface area contributed by atoms with Gasteiger partial charge in [0.05, 0.1) is 18.9 Å². The number of anilines is 1. The summed E-state index contributed by atoms with van der Waals surface area (Å²) in [5.41, 5.74) is 1.48. The highest BCUT2D eigenvalue weighted by molar-refractivity contribution is 7.99. The molecule has 0 unspecified atom stereocenters. The van der Waals surface area contributed by atoms with Crippen molar-refractivity contribution in [3.05, 3.63) is 48.2 Å². The highest BCUT2D eigenvalue weighted by Crippen LogP contribution is 2.44. The van der Waals surface area contributed by atoms with Crippen LogP contribution in [0.3, 0.4) is 0 Å². The van der Waals surface area contributed by atoms with Gasteiger partial charge in [-0.05, 0) is 30.3 Å². The predicted molar refractivity (Wildman–Crippen MR) is 77.0 cm³/mol. The Morgan fingerprint density at radius 1 is 1.19 bits per heavy atom. The zero-order chi connectivity index (χ0) is 14.3. The van der Waals surface area contributed by atoms with Crippen molar-refractivity contribution in [3.8, 4) is 0 Å². The number of ether oxygens (including phenoxy) is 2. The minimum atomic E-state index is -1.27. The van der Waals surface area contributed by atoms with E-state index in [9.17, 15) is 4.79 Å². The number of amides is 1. The Kier molecular flexibility index (Phi) is 2.95. The van der Waals surface area contributed by atoms with E-state index >= 15 is 0 Å². The fraction of sp³-hybridized carbons (Fsp3) is 0.200. The van der Waals surface area contributed by atoms with Crippen molar-refractivity contribution in [2.24, 2.45) is 0 Å². The van der Waals surface area contributed by atoms with Crippen LogP contribution in [0.25, 0.3) is 0 Å². The van der Waals surface area contributed by atoms with Gasteiger partial charge < -0.3 is 14.8 Å². The van der Waals surface area contributed by atoms with Gasteiger partial charge in [0, 0.05) is 16.7 Å². The minimum Gasteiger partial charge on any atom is -0.336 e. The molecule has 4 rings (SSSR count). The number of carbonyl (C=O) groups excluding carboxylic acids is 1. The molecule has 0 bridgehead atoms. The first kappa shape index (κ1) is 12.8. The lowest BCUT2D eigenvalue weighted by molar-refractivity contribution is -0.178. The van der Waals surface area contributed by atoms with Gasteiger partial charge in [-0.3, -0.25) is 4.79 Å². The van der Waals surface area contributed by atoms with E-state index in [2.05, 4.69) is 10.3 Å². The van der Waals surface area contributed by atoms with Gasteiger partial charge >= 0.3 is 0 Å². The van der Waals surface area contributed by atoms with Crippen molar-refractivity contribution in [2.45, 2.75) is 15.7 Å². The van der Waals surface area contributed by atoms with E-state index < -0.39 is 5.79 Å². The van der Waals surface area contributed by atoms with E-state index in [1.807, 2.05) is 36.4 Å². The Morgan fingerprint density at radius 3 is 2.81 bits per heavy atom. The number of hydrogen-bond acceptors (Lipinski definition) is 5. The van der Waals surface area contributed by atoms with Crippen molar-refractivity contribution < 1.29 is 14.3 Å². The summed E-state index contributed by atoms with van der Waals surface area (Å²) in [4.78, 5) is 17.4. The monoisotopic (exact) mass is 300 g/mol. The molecule has 2 aromatic rings. The topological polar surface area (TPSA) is 60.5 Å². The van der Waals surface area contributed by atoms with Crippen LogP contribution in [0.4, 0.5) is 5.69 Å². The van der Waals surface area contributed by atoms with Crippen LogP contribution in [0, 0.1) is 0 Å². The van der Waals surface area contributed by atoms with E-state index in [1.165, 1.54) is 11.8 Å². The van der Waals surface area contributed by atoms with Crippen molar-refractivity contribution in [1.82, 2.24) is 4.98 Å². The molecule has 6 heteroatoms. The molecule has 1 aromatic carbocycles. The SMILES string of the molecule is O=C1Nc2ccc(Sc3ccccn3)cc2C12OCCO2. The molecule has 1 saturated heterocycles. The molecule has 0 aliphatic carbocycles. The molecular formula is C15H12N2O3S. The van der Waals surface area contributed by atoms with Gasteiger partial charge in [-0.2, -0.15) is 0 Å². The summed E-state index contributed by atoms with van der Waals surface area (Å²) in [6, 6.07) is 11.5. The van der Waals surface area contributed by atoms with Crippen molar-refractivity contribution >= 4 is 23.4 Å². The Bertz CT molecular complexity index is 699. The Morgan fingerprint density at radius 2 is 2.05 bits per heavy atom. The maximum atomic E-state index is 12.1. The molecule has 0 radical (unpaired) electrons. The average molecular weight is 300 g/mol. The molecule has 1 aromatic heterocycles. The molecule has 5 nitrogen and oxygen atoms in total. The number of hydrogen-bond donors (Lipinski definition) is 1. The van der Waals surface area contributed by atoms with Gasteiger partial charge in [-0.1, -0.05) is 17.8 Å². The first-order valence-corrected chi connectivity index (χ1v) is 7.42. The van der Waals surface area contributed by atoms with E-state index in [1.54, 1.807) is 6.20 Å². The third-order valence-corrected chi connectivity index (χ3v) is 4.39. The summed E-state index contributed by atoms with van der Waals surface area (Å²) in [7, 11) is 0. The van der Waals surface area contributed by atoms with E-state index in [0.717, 1.165) is 21.2 Å². The molecule has 21 heavy (non-hydrogen) atoms. The molecule has 0 saturated carbocycles. The van der Waals surface area contributed by atoms with Crippen LogP contribution < -0.4 is 5.32 Å². The number of carbonyl (C=O) groups is 1. The van der Waals surface area contributed by atoms with Crippen molar-refractivity contribution in [2.75, 3.05) is 18.5 Å². The smallest absolute Gasteiger partial charge is 0.289 e. The van der Waals surface area contributed by atoms with Gasteiger partial charge in [-0.25, -0.2) is 4.98 Å². The number of nitrogens with zero attached hydrogens (tertiary/aromatic N) is 1. The lowest BCUT2D eigenvalue weighted by Gasteiger charge is -2.19. The second kappa shape index (κ2) is 4.84. The fourth-order valence-corrected chi connectivity index (χ4v) is 3.34. The number of fused-ring (bicyclic) bond motifs is 2. The molecule has 106 valence electrons. The average Bonchev–Trinajstić information content (AvgIpc) is 3.09. The summed E-state index contributed by atoms with van der Waals surface area (Å²) in [6.45, 7) is 0.842. The molecule has 1 amide bonds. The minimum absolute atomic E-state index is 0.255. The molecule has 2 aliphatic heterocycles. The Balaban J connectivity index is 1.71. The number of aromatic nitrogens is 1. The molecular weight excluding hydrogens is 288 g/mol. The van der Waals surface area contributed by atoms with Crippen molar-refractivity contribution in [1.29, 1.82) is 0 Å². The fourth-order valence-electron chi connectivity index (χ4n) is 2.52. The normalized spacial score (nSPS) is 18.8. The molecule has 0 atom stereocenters. The second-order valence-corrected chi connectivity index (χ2v) is 5.84. The van der Waals surface area contributed by atoms with E-state index in [0.29, 0.717) is 13.2 Å². The van der Waals surface area contributed by atoms with Gasteiger partial charge in [0.15, 0.2) is 0 Å². The highest BCUT2D eigenvalue weighted by atomic mass is 32.2. The first-order valence-electron chi connectivity index (χ1n) is 6.61. The van der Waals surface area contributed by atoms with Crippen LogP contribution in [0.5, 0.6) is 0 Å². The standard InChI is InChI=1S/C15H12N2O3S/c18-14-15(19-7-8-20-15)11-9-10(4-5-12(11)17-14)21-13-3-1-2-6-16-13/h1-6,9H,7-8H2,(H,17,18). The zero-order valence-corrected chi connectivity index (χ0v) is 11.9. The summed E-state index contributed by atoms with van der Waals surface area (Å²) in [6.07, 6.45) is 1.76.